The lowest BCUT2D eigenvalue weighted by molar-refractivity contribution is -0.184. The van der Waals surface area contributed by atoms with E-state index in [1.165, 1.54) is 0 Å². The van der Waals surface area contributed by atoms with Gasteiger partial charge in [-0.15, -0.1) is 0 Å². The molecule has 0 radical (unpaired) electrons. The summed E-state index contributed by atoms with van der Waals surface area (Å²) in [5.74, 6) is -1.03. The molecule has 29 heavy (non-hydrogen) atoms. The van der Waals surface area contributed by atoms with Crippen molar-refractivity contribution in [2.75, 3.05) is 59.4 Å². The van der Waals surface area contributed by atoms with Gasteiger partial charge in [0.25, 0.3) is 0 Å². The number of hydrogen-bond acceptors (Lipinski definition) is 10. The quantitative estimate of drug-likeness (QED) is 0.203. The van der Waals surface area contributed by atoms with Crippen molar-refractivity contribution in [3.63, 3.8) is 0 Å². The normalized spacial score (nSPS) is 32.9. The minimum Gasteiger partial charge on any atom is -0.460 e. The summed E-state index contributed by atoms with van der Waals surface area (Å²) in [4.78, 5) is 12.3. The molecule has 2 aliphatic rings. The average molecular weight is 421 g/mol. The Kier molecular flexibility index (Phi) is 11.3. The Morgan fingerprint density at radius 2 is 1.69 bits per heavy atom. The molecule has 170 valence electrons. The molecule has 0 amide bonds. The lowest BCUT2D eigenvalue weighted by atomic mass is 9.82. The molecule has 10 heteroatoms. The van der Waals surface area contributed by atoms with E-state index >= 15 is 0 Å². The van der Waals surface area contributed by atoms with E-state index in [4.69, 9.17) is 34.5 Å². The Morgan fingerprint density at radius 1 is 1.00 bits per heavy atom. The third-order valence-electron chi connectivity index (χ3n) is 5.27. The van der Waals surface area contributed by atoms with Gasteiger partial charge in [0.1, 0.15) is 18.3 Å². The molecule has 6 atom stereocenters. The zero-order chi connectivity index (χ0) is 21.1. The number of aliphatic hydroxyl groups is 3. The van der Waals surface area contributed by atoms with Gasteiger partial charge in [0.2, 0.25) is 0 Å². The smallest absolute Gasteiger partial charge is 0.309 e. The van der Waals surface area contributed by atoms with E-state index in [0.29, 0.717) is 65.4 Å². The van der Waals surface area contributed by atoms with Gasteiger partial charge in [0.05, 0.1) is 64.9 Å². The number of carbonyl (C=O) groups excluding carboxylic acids is 1. The first-order valence-electron chi connectivity index (χ1n) is 10.3. The Bertz CT molecular complexity index is 467. The fraction of sp³-hybridized carbons (Fsp3) is 0.947. The highest BCUT2D eigenvalue weighted by atomic mass is 16.6. The van der Waals surface area contributed by atoms with E-state index in [1.807, 2.05) is 0 Å². The number of rotatable bonds is 13. The SMILES string of the molecule is NCCOCCOCCOC[C@@H]1CCC(C[C@H]2CO[C@H](CO)[C@H](O)[C@@H]2O)C(=O)O1. The van der Waals surface area contributed by atoms with Crippen molar-refractivity contribution >= 4 is 5.97 Å². The van der Waals surface area contributed by atoms with Crippen LogP contribution in [0.15, 0.2) is 0 Å². The molecule has 0 spiro atoms. The standard InChI is InChI=1S/C19H35NO9/c20-3-4-25-5-6-26-7-8-27-12-15-2-1-13(19(24)29-15)9-14-11-28-16(10-21)18(23)17(14)22/h13-18,21-23H,1-12,20H2/t13?,14-,15-,16+,17+,18-/m0/s1. The molecule has 0 aromatic rings. The van der Waals surface area contributed by atoms with Gasteiger partial charge in [-0.1, -0.05) is 0 Å². The molecule has 0 aromatic heterocycles. The van der Waals surface area contributed by atoms with Crippen LogP contribution in [-0.2, 0) is 28.5 Å². The van der Waals surface area contributed by atoms with Gasteiger partial charge in [0, 0.05) is 12.5 Å². The molecule has 10 nitrogen and oxygen atoms in total. The predicted octanol–water partition coefficient (Wildman–Crippen LogP) is -1.56. The van der Waals surface area contributed by atoms with Gasteiger partial charge >= 0.3 is 5.97 Å². The number of nitrogens with two attached hydrogens (primary N) is 1. The highest BCUT2D eigenvalue weighted by molar-refractivity contribution is 5.73. The monoisotopic (exact) mass is 421 g/mol. The summed E-state index contributed by atoms with van der Waals surface area (Å²) in [5, 5.41) is 29.3. The van der Waals surface area contributed by atoms with Crippen LogP contribution < -0.4 is 5.73 Å². The van der Waals surface area contributed by atoms with Crippen LogP contribution in [0, 0.1) is 11.8 Å². The highest BCUT2D eigenvalue weighted by Gasteiger charge is 2.41. The summed E-state index contributed by atoms with van der Waals surface area (Å²) in [7, 11) is 0. The maximum atomic E-state index is 12.3. The van der Waals surface area contributed by atoms with E-state index in [0.717, 1.165) is 0 Å². The van der Waals surface area contributed by atoms with Gasteiger partial charge in [-0.2, -0.15) is 0 Å². The molecule has 0 bridgehead atoms. The van der Waals surface area contributed by atoms with Crippen molar-refractivity contribution in [3.05, 3.63) is 0 Å². The van der Waals surface area contributed by atoms with Gasteiger partial charge in [0.15, 0.2) is 0 Å². The van der Waals surface area contributed by atoms with Crippen molar-refractivity contribution in [3.8, 4) is 0 Å². The fourth-order valence-corrected chi connectivity index (χ4v) is 3.57. The zero-order valence-corrected chi connectivity index (χ0v) is 16.8. The molecule has 1 unspecified atom stereocenters. The van der Waals surface area contributed by atoms with Crippen molar-refractivity contribution < 1.29 is 43.8 Å². The summed E-state index contributed by atoms with van der Waals surface area (Å²) in [5.41, 5.74) is 5.31. The number of esters is 1. The number of cyclic esters (lactones) is 1. The van der Waals surface area contributed by atoms with E-state index < -0.39 is 18.3 Å². The van der Waals surface area contributed by atoms with Crippen LogP contribution in [-0.4, -0.2) is 105 Å². The van der Waals surface area contributed by atoms with Crippen LogP contribution in [0.2, 0.25) is 0 Å². The van der Waals surface area contributed by atoms with E-state index in [1.54, 1.807) is 0 Å². The van der Waals surface area contributed by atoms with E-state index in [9.17, 15) is 15.0 Å². The first-order valence-corrected chi connectivity index (χ1v) is 10.3. The third-order valence-corrected chi connectivity index (χ3v) is 5.27. The maximum Gasteiger partial charge on any atom is 0.309 e. The van der Waals surface area contributed by atoms with E-state index in [2.05, 4.69) is 0 Å². The maximum absolute atomic E-state index is 12.3. The van der Waals surface area contributed by atoms with Gasteiger partial charge in [-0.3, -0.25) is 4.79 Å². The molecule has 2 fully saturated rings. The Morgan fingerprint density at radius 3 is 2.34 bits per heavy atom. The van der Waals surface area contributed by atoms with Gasteiger partial charge in [-0.25, -0.2) is 0 Å². The molecule has 2 saturated heterocycles. The molecular formula is C19H35NO9. The molecule has 2 heterocycles. The lowest BCUT2D eigenvalue weighted by Crippen LogP contribution is -2.52. The second-order valence-electron chi connectivity index (χ2n) is 7.45. The largest absolute Gasteiger partial charge is 0.460 e. The third kappa shape index (κ3) is 8.06. The summed E-state index contributed by atoms with van der Waals surface area (Å²) in [6, 6.07) is 0. The molecule has 5 N–H and O–H groups in total. The second-order valence-corrected chi connectivity index (χ2v) is 7.45. The topological polar surface area (TPSA) is 150 Å². The van der Waals surface area contributed by atoms with Crippen LogP contribution >= 0.6 is 0 Å². The Labute approximate surface area is 171 Å². The molecular weight excluding hydrogens is 386 g/mol. The average Bonchev–Trinajstić information content (AvgIpc) is 2.72. The number of hydrogen-bond donors (Lipinski definition) is 4. The Balaban J connectivity index is 1.58. The minimum atomic E-state index is -1.16. The summed E-state index contributed by atoms with van der Waals surface area (Å²) >= 11 is 0. The van der Waals surface area contributed by atoms with Gasteiger partial charge < -0.3 is 44.7 Å². The molecule has 2 aliphatic heterocycles. The summed E-state index contributed by atoms with van der Waals surface area (Å²) < 4.78 is 26.9. The molecule has 0 aliphatic carbocycles. The van der Waals surface area contributed by atoms with Crippen molar-refractivity contribution in [1.82, 2.24) is 0 Å². The molecule has 0 saturated carbocycles. The Hall–Kier alpha value is -0.850. The fourth-order valence-electron chi connectivity index (χ4n) is 3.57. The zero-order valence-electron chi connectivity index (χ0n) is 16.8. The summed E-state index contributed by atoms with van der Waals surface area (Å²) in [6.07, 6.45) is -1.58. The molecule has 2 rings (SSSR count). The number of carbonyl (C=O) groups is 1. The highest BCUT2D eigenvalue weighted by Crippen LogP contribution is 2.31. The minimum absolute atomic E-state index is 0.192. The lowest BCUT2D eigenvalue weighted by Gasteiger charge is -2.39. The van der Waals surface area contributed by atoms with Crippen molar-refractivity contribution in [1.29, 1.82) is 0 Å². The van der Waals surface area contributed by atoms with Crippen molar-refractivity contribution in [2.24, 2.45) is 17.6 Å². The number of aliphatic hydroxyl groups excluding tert-OH is 3. The first kappa shape index (κ1) is 24.4. The van der Waals surface area contributed by atoms with Crippen LogP contribution in [0.25, 0.3) is 0 Å². The van der Waals surface area contributed by atoms with Crippen LogP contribution in [0.4, 0.5) is 0 Å². The van der Waals surface area contributed by atoms with E-state index in [-0.39, 0.29) is 37.1 Å². The van der Waals surface area contributed by atoms with Crippen molar-refractivity contribution in [2.45, 2.75) is 43.7 Å². The number of ether oxygens (including phenoxy) is 5. The van der Waals surface area contributed by atoms with Crippen LogP contribution in [0.1, 0.15) is 19.3 Å². The van der Waals surface area contributed by atoms with Crippen LogP contribution in [0.3, 0.4) is 0 Å². The first-order chi connectivity index (χ1) is 14.1. The predicted molar refractivity (Wildman–Crippen MR) is 101 cm³/mol. The molecule has 0 aromatic carbocycles. The van der Waals surface area contributed by atoms with Gasteiger partial charge in [-0.05, 0) is 19.3 Å². The summed E-state index contributed by atoms with van der Waals surface area (Å²) in [6.45, 7) is 2.98. The van der Waals surface area contributed by atoms with Crippen LogP contribution in [0.5, 0.6) is 0 Å². The second kappa shape index (κ2) is 13.5.